The summed E-state index contributed by atoms with van der Waals surface area (Å²) in [4.78, 5) is 12.4. The van der Waals surface area contributed by atoms with Crippen LogP contribution in [0.15, 0.2) is 0 Å². The summed E-state index contributed by atoms with van der Waals surface area (Å²) in [5.74, 6) is 0.653. The topological polar surface area (TPSA) is 40.5 Å². The summed E-state index contributed by atoms with van der Waals surface area (Å²) in [7, 11) is 1.99. The predicted molar refractivity (Wildman–Crippen MR) is 58.4 cm³/mol. The molecule has 0 heterocycles. The molecule has 84 valence electrons. The van der Waals surface area contributed by atoms with Gasteiger partial charge in [0.2, 0.25) is 0 Å². The van der Waals surface area contributed by atoms with Crippen LogP contribution in [0.4, 0.5) is 0 Å². The number of carboxylic acids is 1. The molecule has 0 saturated heterocycles. The third kappa shape index (κ3) is 8.05. The fraction of sp³-hybridized carbons (Fsp3) is 0.909. The van der Waals surface area contributed by atoms with Crippen molar-refractivity contribution in [2.75, 3.05) is 20.1 Å². The van der Waals surface area contributed by atoms with Crippen LogP contribution in [0.3, 0.4) is 0 Å². The van der Waals surface area contributed by atoms with Crippen molar-refractivity contribution in [1.29, 1.82) is 0 Å². The van der Waals surface area contributed by atoms with E-state index in [0.29, 0.717) is 12.5 Å². The van der Waals surface area contributed by atoms with Gasteiger partial charge in [0.1, 0.15) is 0 Å². The van der Waals surface area contributed by atoms with E-state index in [2.05, 4.69) is 25.7 Å². The molecule has 14 heavy (non-hydrogen) atoms. The molecule has 1 unspecified atom stereocenters. The van der Waals surface area contributed by atoms with Crippen LogP contribution in [0.5, 0.6) is 0 Å². The molecule has 0 aromatic rings. The minimum Gasteiger partial charge on any atom is -0.481 e. The van der Waals surface area contributed by atoms with Crippen molar-refractivity contribution in [3.8, 4) is 0 Å². The molecule has 1 atom stereocenters. The van der Waals surface area contributed by atoms with Gasteiger partial charge in [-0.25, -0.2) is 0 Å². The van der Waals surface area contributed by atoms with Crippen LogP contribution in [0.1, 0.15) is 33.6 Å². The zero-order chi connectivity index (χ0) is 11.1. The van der Waals surface area contributed by atoms with Gasteiger partial charge in [-0.3, -0.25) is 4.79 Å². The van der Waals surface area contributed by atoms with E-state index in [9.17, 15) is 4.79 Å². The van der Waals surface area contributed by atoms with E-state index < -0.39 is 5.97 Å². The van der Waals surface area contributed by atoms with Gasteiger partial charge in [-0.1, -0.05) is 20.8 Å². The van der Waals surface area contributed by atoms with Crippen LogP contribution in [-0.4, -0.2) is 36.1 Å². The molecule has 0 spiro atoms. The van der Waals surface area contributed by atoms with Crippen LogP contribution in [0.25, 0.3) is 0 Å². The maximum Gasteiger partial charge on any atom is 0.304 e. The third-order valence-corrected chi connectivity index (χ3v) is 2.20. The third-order valence-electron chi connectivity index (χ3n) is 2.20. The molecule has 3 nitrogen and oxygen atoms in total. The number of nitrogens with zero attached hydrogens (tertiary/aromatic N) is 1. The molecule has 0 aromatic heterocycles. The Balaban J connectivity index is 3.59. The molecule has 1 N–H and O–H groups in total. The van der Waals surface area contributed by atoms with Crippen molar-refractivity contribution in [3.63, 3.8) is 0 Å². The summed E-state index contributed by atoms with van der Waals surface area (Å²) >= 11 is 0. The van der Waals surface area contributed by atoms with Gasteiger partial charge in [0.25, 0.3) is 0 Å². The Morgan fingerprint density at radius 3 is 2.36 bits per heavy atom. The highest BCUT2D eigenvalue weighted by Gasteiger charge is 2.09. The van der Waals surface area contributed by atoms with E-state index >= 15 is 0 Å². The van der Waals surface area contributed by atoms with E-state index in [1.807, 2.05) is 7.05 Å². The Hall–Kier alpha value is -0.570. The van der Waals surface area contributed by atoms with Crippen molar-refractivity contribution < 1.29 is 9.90 Å². The molecule has 0 aliphatic rings. The maximum absolute atomic E-state index is 10.3. The summed E-state index contributed by atoms with van der Waals surface area (Å²) in [6.45, 7) is 8.29. The molecule has 0 aliphatic heterocycles. The average Bonchev–Trinajstić information content (AvgIpc) is 1.98. The summed E-state index contributed by atoms with van der Waals surface area (Å²) in [6, 6.07) is 0. The second kappa shape index (κ2) is 6.82. The van der Waals surface area contributed by atoms with E-state index in [1.165, 1.54) is 6.42 Å². The molecule has 0 rings (SSSR count). The molecule has 0 aliphatic carbocycles. The van der Waals surface area contributed by atoms with Crippen molar-refractivity contribution in [1.82, 2.24) is 4.90 Å². The number of rotatable bonds is 7. The Bertz CT molecular complexity index is 169. The fourth-order valence-corrected chi connectivity index (χ4v) is 1.79. The molecular formula is C11H23NO2. The minimum atomic E-state index is -0.714. The van der Waals surface area contributed by atoms with E-state index in [-0.39, 0.29) is 6.42 Å². The normalized spacial score (nSPS) is 13.6. The highest BCUT2D eigenvalue weighted by molar-refractivity contribution is 5.66. The van der Waals surface area contributed by atoms with Gasteiger partial charge in [-0.2, -0.15) is 0 Å². The highest BCUT2D eigenvalue weighted by atomic mass is 16.4. The van der Waals surface area contributed by atoms with Gasteiger partial charge < -0.3 is 10.0 Å². The summed E-state index contributed by atoms with van der Waals surface area (Å²) < 4.78 is 0. The van der Waals surface area contributed by atoms with Gasteiger partial charge in [-0.15, -0.1) is 0 Å². The van der Waals surface area contributed by atoms with Gasteiger partial charge in [0.05, 0.1) is 6.42 Å². The minimum absolute atomic E-state index is 0.241. The lowest BCUT2D eigenvalue weighted by Gasteiger charge is -2.21. The average molecular weight is 201 g/mol. The van der Waals surface area contributed by atoms with Gasteiger partial charge in [0.15, 0.2) is 0 Å². The van der Waals surface area contributed by atoms with Crippen molar-refractivity contribution >= 4 is 5.97 Å². The van der Waals surface area contributed by atoms with Crippen LogP contribution in [-0.2, 0) is 4.79 Å². The first kappa shape index (κ1) is 13.4. The van der Waals surface area contributed by atoms with Crippen molar-refractivity contribution in [3.05, 3.63) is 0 Å². The number of carboxylic acid groups (broad SMARTS) is 1. The Morgan fingerprint density at radius 1 is 1.36 bits per heavy atom. The van der Waals surface area contributed by atoms with Crippen LogP contribution in [0, 0.1) is 11.8 Å². The van der Waals surface area contributed by atoms with E-state index in [4.69, 9.17) is 5.11 Å². The first-order chi connectivity index (χ1) is 6.41. The van der Waals surface area contributed by atoms with E-state index in [1.54, 1.807) is 0 Å². The standard InChI is InChI=1S/C11H23NO2/c1-9(2)7-10(3)8-12(4)6-5-11(13)14/h9-10H,5-8H2,1-4H3,(H,13,14). The number of hydrogen-bond acceptors (Lipinski definition) is 2. The van der Waals surface area contributed by atoms with Crippen molar-refractivity contribution in [2.24, 2.45) is 11.8 Å². The largest absolute Gasteiger partial charge is 0.481 e. The number of aliphatic carboxylic acids is 1. The number of hydrogen-bond donors (Lipinski definition) is 1. The lowest BCUT2D eigenvalue weighted by Crippen LogP contribution is -2.27. The summed E-state index contributed by atoms with van der Waals surface area (Å²) in [5.41, 5.74) is 0. The Morgan fingerprint density at radius 2 is 1.93 bits per heavy atom. The monoisotopic (exact) mass is 201 g/mol. The zero-order valence-corrected chi connectivity index (χ0v) is 9.79. The first-order valence-electron chi connectivity index (χ1n) is 5.32. The van der Waals surface area contributed by atoms with Crippen LogP contribution in [0.2, 0.25) is 0 Å². The molecule has 3 heteroatoms. The van der Waals surface area contributed by atoms with Crippen LogP contribution < -0.4 is 0 Å². The van der Waals surface area contributed by atoms with E-state index in [0.717, 1.165) is 12.5 Å². The van der Waals surface area contributed by atoms with Gasteiger partial charge >= 0.3 is 5.97 Å². The van der Waals surface area contributed by atoms with Gasteiger partial charge in [-0.05, 0) is 25.3 Å². The molecular weight excluding hydrogens is 178 g/mol. The second-order valence-electron chi connectivity index (χ2n) is 4.64. The quantitative estimate of drug-likeness (QED) is 0.685. The highest BCUT2D eigenvalue weighted by Crippen LogP contribution is 2.11. The second-order valence-corrected chi connectivity index (χ2v) is 4.64. The SMILES string of the molecule is CC(C)CC(C)CN(C)CCC(=O)O. The lowest BCUT2D eigenvalue weighted by atomic mass is 9.98. The molecule has 0 saturated carbocycles. The molecule has 0 radical (unpaired) electrons. The smallest absolute Gasteiger partial charge is 0.304 e. The molecule has 0 aromatic carbocycles. The predicted octanol–water partition coefficient (Wildman–Crippen LogP) is 2.08. The summed E-state index contributed by atoms with van der Waals surface area (Å²) in [6.07, 6.45) is 1.45. The Labute approximate surface area is 87.1 Å². The fourth-order valence-electron chi connectivity index (χ4n) is 1.79. The van der Waals surface area contributed by atoms with Crippen LogP contribution >= 0.6 is 0 Å². The summed E-state index contributed by atoms with van der Waals surface area (Å²) in [5, 5.41) is 8.52. The van der Waals surface area contributed by atoms with Crippen molar-refractivity contribution in [2.45, 2.75) is 33.6 Å². The zero-order valence-electron chi connectivity index (χ0n) is 9.79. The Kier molecular flexibility index (Phi) is 6.54. The molecule has 0 fully saturated rings. The molecule has 0 amide bonds. The van der Waals surface area contributed by atoms with Gasteiger partial charge in [0, 0.05) is 13.1 Å². The first-order valence-corrected chi connectivity index (χ1v) is 5.32. The maximum atomic E-state index is 10.3. The molecule has 0 bridgehead atoms. The number of carbonyl (C=O) groups is 1. The lowest BCUT2D eigenvalue weighted by molar-refractivity contribution is -0.137.